The predicted molar refractivity (Wildman–Crippen MR) is 98.6 cm³/mol. The van der Waals surface area contributed by atoms with Gasteiger partial charge in [0.2, 0.25) is 0 Å². The number of amides is 1. The third kappa shape index (κ3) is 3.83. The molecule has 25 heavy (non-hydrogen) atoms. The maximum Gasteiger partial charge on any atom is 0.330 e. The Morgan fingerprint density at radius 3 is 2.72 bits per heavy atom. The summed E-state index contributed by atoms with van der Waals surface area (Å²) in [5.74, 6) is -0.363. The molecule has 0 aliphatic carbocycles. The van der Waals surface area contributed by atoms with Crippen LogP contribution in [-0.4, -0.2) is 35.7 Å². The van der Waals surface area contributed by atoms with Crippen LogP contribution < -0.4 is 21.9 Å². The van der Waals surface area contributed by atoms with Crippen LogP contribution in [0.5, 0.6) is 0 Å². The topological polar surface area (TPSA) is 110 Å². The second kappa shape index (κ2) is 8.13. The first kappa shape index (κ1) is 18.9. The van der Waals surface area contributed by atoms with E-state index in [9.17, 15) is 14.4 Å². The lowest BCUT2D eigenvalue weighted by molar-refractivity contribution is 0.0979. The zero-order valence-electron chi connectivity index (χ0n) is 14.5. The highest BCUT2D eigenvalue weighted by Crippen LogP contribution is 2.23. The number of hydrogen-bond donors (Lipinski definition) is 2. The molecule has 0 aliphatic heterocycles. The van der Waals surface area contributed by atoms with Crippen LogP contribution >= 0.6 is 11.3 Å². The van der Waals surface area contributed by atoms with Crippen molar-refractivity contribution in [2.75, 3.05) is 30.9 Å². The lowest BCUT2D eigenvalue weighted by atomic mass is 10.2. The second-order valence-corrected chi connectivity index (χ2v) is 6.44. The molecule has 136 valence electrons. The lowest BCUT2D eigenvalue weighted by Gasteiger charge is -2.24. The van der Waals surface area contributed by atoms with Gasteiger partial charge in [0.1, 0.15) is 5.82 Å². The quantitative estimate of drug-likeness (QED) is 0.765. The largest absolute Gasteiger partial charge is 0.383 e. The van der Waals surface area contributed by atoms with Gasteiger partial charge in [0.05, 0.1) is 11.5 Å². The Morgan fingerprint density at radius 1 is 1.44 bits per heavy atom. The van der Waals surface area contributed by atoms with E-state index in [2.05, 4.69) is 4.98 Å². The zero-order valence-corrected chi connectivity index (χ0v) is 15.3. The summed E-state index contributed by atoms with van der Waals surface area (Å²) in [6, 6.07) is 1.83. The molecule has 3 N–H and O–H groups in total. The number of hydrogen-bond acceptors (Lipinski definition) is 6. The van der Waals surface area contributed by atoms with Crippen molar-refractivity contribution in [3.63, 3.8) is 0 Å². The van der Waals surface area contributed by atoms with E-state index < -0.39 is 11.2 Å². The lowest BCUT2D eigenvalue weighted by Crippen LogP contribution is -2.42. The molecule has 0 unspecified atom stereocenters. The number of H-pyrrole nitrogens is 1. The van der Waals surface area contributed by atoms with E-state index in [1.54, 1.807) is 0 Å². The number of aryl methyl sites for hydroxylation is 1. The number of nitrogens with zero attached hydrogens (tertiary/aromatic N) is 2. The number of ether oxygens (including phenoxy) is 1. The fourth-order valence-corrected chi connectivity index (χ4v) is 3.37. The van der Waals surface area contributed by atoms with Crippen LogP contribution in [0.25, 0.3) is 0 Å². The number of anilines is 2. The van der Waals surface area contributed by atoms with Crippen LogP contribution in [-0.2, 0) is 11.3 Å². The van der Waals surface area contributed by atoms with E-state index in [0.29, 0.717) is 17.8 Å². The number of rotatable bonds is 7. The minimum atomic E-state index is -0.687. The summed E-state index contributed by atoms with van der Waals surface area (Å²) in [7, 11) is 1.50. The summed E-state index contributed by atoms with van der Waals surface area (Å²) in [4.78, 5) is 41.4. The molecular formula is C16H22N4O4S. The van der Waals surface area contributed by atoms with Gasteiger partial charge in [-0.15, -0.1) is 11.3 Å². The fraction of sp³-hybridized carbons (Fsp3) is 0.438. The molecule has 0 aromatic carbocycles. The van der Waals surface area contributed by atoms with Gasteiger partial charge in [0.25, 0.3) is 11.5 Å². The minimum Gasteiger partial charge on any atom is -0.383 e. The number of nitrogen functional groups attached to an aromatic ring is 1. The SMILES string of the molecule is CCCn1c(N)c(N(CCOC)C(=O)c2sccc2C)c(=O)[nH]c1=O. The van der Waals surface area contributed by atoms with Crippen LogP contribution in [0.2, 0.25) is 0 Å². The van der Waals surface area contributed by atoms with Gasteiger partial charge in [-0.05, 0) is 30.4 Å². The summed E-state index contributed by atoms with van der Waals surface area (Å²) < 4.78 is 6.33. The van der Waals surface area contributed by atoms with E-state index in [1.165, 1.54) is 27.9 Å². The van der Waals surface area contributed by atoms with Gasteiger partial charge in [-0.25, -0.2) is 4.79 Å². The number of nitrogens with one attached hydrogen (secondary N) is 1. The van der Waals surface area contributed by atoms with E-state index in [-0.39, 0.29) is 30.6 Å². The van der Waals surface area contributed by atoms with Gasteiger partial charge in [-0.1, -0.05) is 6.92 Å². The minimum absolute atomic E-state index is 0.0192. The maximum atomic E-state index is 13.0. The number of nitrogens with two attached hydrogens (primary N) is 1. The summed E-state index contributed by atoms with van der Waals surface area (Å²) in [5.41, 5.74) is 5.60. The van der Waals surface area contributed by atoms with Gasteiger partial charge < -0.3 is 10.5 Å². The third-order valence-electron chi connectivity index (χ3n) is 3.75. The van der Waals surface area contributed by atoms with Crippen LogP contribution in [0.15, 0.2) is 21.0 Å². The number of methoxy groups -OCH3 is 1. The fourth-order valence-electron chi connectivity index (χ4n) is 2.50. The van der Waals surface area contributed by atoms with Crippen molar-refractivity contribution in [3.05, 3.63) is 42.7 Å². The highest BCUT2D eigenvalue weighted by Gasteiger charge is 2.26. The molecule has 0 spiro atoms. The number of carbonyl (C=O) groups is 1. The van der Waals surface area contributed by atoms with Gasteiger partial charge in [0, 0.05) is 20.2 Å². The van der Waals surface area contributed by atoms with Gasteiger partial charge in [-0.3, -0.25) is 24.0 Å². The standard InChI is InChI=1S/C16H22N4O4S/c1-4-6-20-13(17)11(14(21)18-16(20)23)19(7-8-24-3)15(22)12-10(2)5-9-25-12/h5,9H,4,6-8,17H2,1-3H3,(H,18,21,23). The molecule has 0 bridgehead atoms. The van der Waals surface area contributed by atoms with Crippen LogP contribution in [0, 0.1) is 6.92 Å². The number of aromatic amines is 1. The molecule has 0 fully saturated rings. The number of thiophene rings is 1. The van der Waals surface area contributed by atoms with E-state index in [0.717, 1.165) is 5.56 Å². The molecule has 2 aromatic rings. The van der Waals surface area contributed by atoms with Gasteiger partial charge >= 0.3 is 5.69 Å². The molecule has 1 amide bonds. The highest BCUT2D eigenvalue weighted by molar-refractivity contribution is 7.12. The Hall–Kier alpha value is -2.39. The van der Waals surface area contributed by atoms with Crippen molar-refractivity contribution < 1.29 is 9.53 Å². The molecule has 0 saturated carbocycles. The van der Waals surface area contributed by atoms with Gasteiger partial charge in [-0.2, -0.15) is 0 Å². The third-order valence-corrected chi connectivity index (χ3v) is 4.76. The van der Waals surface area contributed by atoms with Crippen LogP contribution in [0.1, 0.15) is 28.6 Å². The van der Waals surface area contributed by atoms with Crippen molar-refractivity contribution in [3.8, 4) is 0 Å². The number of aromatic nitrogens is 2. The Kier molecular flexibility index (Phi) is 6.16. The normalized spacial score (nSPS) is 10.8. The summed E-state index contributed by atoms with van der Waals surface area (Å²) in [6.45, 7) is 4.42. The molecule has 2 heterocycles. The Labute approximate surface area is 148 Å². The monoisotopic (exact) mass is 366 g/mol. The molecule has 9 heteroatoms. The Morgan fingerprint density at radius 2 is 2.16 bits per heavy atom. The average molecular weight is 366 g/mol. The molecule has 0 saturated heterocycles. The van der Waals surface area contributed by atoms with Crippen molar-refractivity contribution in [2.24, 2.45) is 0 Å². The molecule has 0 aliphatic rings. The van der Waals surface area contributed by atoms with E-state index >= 15 is 0 Å². The molecule has 8 nitrogen and oxygen atoms in total. The van der Waals surface area contributed by atoms with Crippen LogP contribution in [0.4, 0.5) is 11.5 Å². The first-order valence-corrected chi connectivity index (χ1v) is 8.77. The smallest absolute Gasteiger partial charge is 0.330 e. The summed E-state index contributed by atoms with van der Waals surface area (Å²) >= 11 is 1.29. The molecular weight excluding hydrogens is 344 g/mol. The molecule has 0 atom stereocenters. The average Bonchev–Trinajstić information content (AvgIpc) is 2.99. The second-order valence-electron chi connectivity index (χ2n) is 5.53. The van der Waals surface area contributed by atoms with Gasteiger partial charge in [0.15, 0.2) is 5.69 Å². The first-order chi connectivity index (χ1) is 11.9. The van der Waals surface area contributed by atoms with Crippen molar-refractivity contribution in [2.45, 2.75) is 26.8 Å². The number of carbonyl (C=O) groups excluding carboxylic acids is 1. The Balaban J connectivity index is 2.61. The molecule has 2 rings (SSSR count). The summed E-state index contributed by atoms with van der Waals surface area (Å²) in [6.07, 6.45) is 0.658. The first-order valence-electron chi connectivity index (χ1n) is 7.89. The predicted octanol–water partition coefficient (Wildman–Crippen LogP) is 1.19. The highest BCUT2D eigenvalue weighted by atomic mass is 32.1. The van der Waals surface area contributed by atoms with Crippen molar-refractivity contribution in [1.82, 2.24) is 9.55 Å². The van der Waals surface area contributed by atoms with E-state index in [1.807, 2.05) is 25.3 Å². The molecule has 2 aromatic heterocycles. The van der Waals surface area contributed by atoms with Crippen molar-refractivity contribution >= 4 is 28.7 Å². The van der Waals surface area contributed by atoms with E-state index in [4.69, 9.17) is 10.5 Å². The summed E-state index contributed by atoms with van der Waals surface area (Å²) in [5, 5.41) is 1.81. The Bertz CT molecular complexity index is 868. The van der Waals surface area contributed by atoms with Crippen molar-refractivity contribution in [1.29, 1.82) is 0 Å². The molecule has 0 radical (unpaired) electrons. The zero-order chi connectivity index (χ0) is 18.6. The van der Waals surface area contributed by atoms with Crippen LogP contribution in [0.3, 0.4) is 0 Å². The maximum absolute atomic E-state index is 13.0.